The molecule has 0 saturated heterocycles. The predicted molar refractivity (Wildman–Crippen MR) is 75.4 cm³/mol. The van der Waals surface area contributed by atoms with Crippen molar-refractivity contribution >= 4 is 10.0 Å². The normalized spacial score (nSPS) is 12.1. The van der Waals surface area contributed by atoms with Crippen molar-refractivity contribution in [3.05, 3.63) is 29.3 Å². The smallest absolute Gasteiger partial charge is 0.243 e. The Hall–Kier alpha value is -0.950. The molecule has 1 aromatic rings. The summed E-state index contributed by atoms with van der Waals surface area (Å²) in [6.07, 6.45) is 0.669. The standard InChI is InChI=1S/C13H22N2O3S/c1-11-12(10-14)6-4-7-13(11)19(16,17)15(2)8-5-9-18-3/h4,6-7H,5,8-10,14H2,1-3H3. The molecular weight excluding hydrogens is 264 g/mol. The Labute approximate surface area is 115 Å². The van der Waals surface area contributed by atoms with Gasteiger partial charge in [0.25, 0.3) is 0 Å². The third-order valence-electron chi connectivity index (χ3n) is 3.13. The van der Waals surface area contributed by atoms with Gasteiger partial charge >= 0.3 is 0 Å². The Bertz CT molecular complexity index is 515. The second kappa shape index (κ2) is 7.00. The third kappa shape index (κ3) is 3.76. The molecule has 5 nitrogen and oxygen atoms in total. The topological polar surface area (TPSA) is 72.6 Å². The van der Waals surface area contributed by atoms with E-state index in [0.29, 0.717) is 31.0 Å². The summed E-state index contributed by atoms with van der Waals surface area (Å²) in [6.45, 7) is 3.10. The number of benzene rings is 1. The van der Waals surface area contributed by atoms with Gasteiger partial charge in [0.05, 0.1) is 4.90 Å². The summed E-state index contributed by atoms with van der Waals surface area (Å²) in [5, 5.41) is 0. The molecule has 19 heavy (non-hydrogen) atoms. The quantitative estimate of drug-likeness (QED) is 0.762. The lowest BCUT2D eigenvalue weighted by Gasteiger charge is -2.19. The van der Waals surface area contributed by atoms with Crippen molar-refractivity contribution in [1.29, 1.82) is 0 Å². The highest BCUT2D eigenvalue weighted by Crippen LogP contribution is 2.21. The number of rotatable bonds is 7. The van der Waals surface area contributed by atoms with E-state index in [0.717, 1.165) is 11.1 Å². The lowest BCUT2D eigenvalue weighted by molar-refractivity contribution is 0.189. The summed E-state index contributed by atoms with van der Waals surface area (Å²) in [4.78, 5) is 0.329. The van der Waals surface area contributed by atoms with Crippen molar-refractivity contribution in [2.45, 2.75) is 24.8 Å². The van der Waals surface area contributed by atoms with Crippen LogP contribution in [-0.2, 0) is 21.3 Å². The summed E-state index contributed by atoms with van der Waals surface area (Å²) < 4.78 is 31.2. The molecule has 6 heteroatoms. The number of hydrogen-bond acceptors (Lipinski definition) is 4. The van der Waals surface area contributed by atoms with Crippen LogP contribution in [0, 0.1) is 6.92 Å². The van der Waals surface area contributed by atoms with Crippen LogP contribution in [0.15, 0.2) is 23.1 Å². The van der Waals surface area contributed by atoms with Crippen LogP contribution in [-0.4, -0.2) is 40.0 Å². The zero-order valence-electron chi connectivity index (χ0n) is 11.7. The Morgan fingerprint density at radius 2 is 2.05 bits per heavy atom. The van der Waals surface area contributed by atoms with Crippen LogP contribution in [0.2, 0.25) is 0 Å². The van der Waals surface area contributed by atoms with E-state index in [2.05, 4.69) is 0 Å². The van der Waals surface area contributed by atoms with E-state index in [1.165, 1.54) is 4.31 Å². The Morgan fingerprint density at radius 1 is 1.37 bits per heavy atom. The largest absolute Gasteiger partial charge is 0.385 e. The van der Waals surface area contributed by atoms with E-state index in [1.54, 1.807) is 33.2 Å². The van der Waals surface area contributed by atoms with Gasteiger partial charge in [-0.05, 0) is 30.5 Å². The number of nitrogens with zero attached hydrogens (tertiary/aromatic N) is 1. The third-order valence-corrected chi connectivity index (χ3v) is 5.13. The van der Waals surface area contributed by atoms with Crippen LogP contribution < -0.4 is 5.73 Å². The monoisotopic (exact) mass is 286 g/mol. The van der Waals surface area contributed by atoms with Crippen LogP contribution >= 0.6 is 0 Å². The molecular formula is C13H22N2O3S. The van der Waals surface area contributed by atoms with Crippen molar-refractivity contribution in [2.24, 2.45) is 5.73 Å². The predicted octanol–water partition coefficient (Wildman–Crippen LogP) is 1.11. The van der Waals surface area contributed by atoms with Gasteiger partial charge in [0.15, 0.2) is 0 Å². The molecule has 1 rings (SSSR count). The number of sulfonamides is 1. The van der Waals surface area contributed by atoms with Crippen LogP contribution in [0.25, 0.3) is 0 Å². The molecule has 0 unspecified atom stereocenters. The highest BCUT2D eigenvalue weighted by molar-refractivity contribution is 7.89. The second-order valence-corrected chi connectivity index (χ2v) is 6.43. The lowest BCUT2D eigenvalue weighted by atomic mass is 10.1. The average Bonchev–Trinajstić information content (AvgIpc) is 2.38. The molecule has 0 spiro atoms. The number of ether oxygens (including phenoxy) is 1. The zero-order valence-corrected chi connectivity index (χ0v) is 12.5. The summed E-state index contributed by atoms with van der Waals surface area (Å²) in [5.41, 5.74) is 7.19. The summed E-state index contributed by atoms with van der Waals surface area (Å²) in [6, 6.07) is 5.20. The fraction of sp³-hybridized carbons (Fsp3) is 0.538. The minimum absolute atomic E-state index is 0.329. The summed E-state index contributed by atoms with van der Waals surface area (Å²) >= 11 is 0. The highest BCUT2D eigenvalue weighted by Gasteiger charge is 2.23. The maximum atomic E-state index is 12.5. The molecule has 0 fully saturated rings. The maximum Gasteiger partial charge on any atom is 0.243 e. The molecule has 108 valence electrons. The van der Waals surface area contributed by atoms with Crippen molar-refractivity contribution in [1.82, 2.24) is 4.31 Å². The van der Waals surface area contributed by atoms with Crippen molar-refractivity contribution in [2.75, 3.05) is 27.3 Å². The maximum absolute atomic E-state index is 12.5. The Balaban J connectivity index is 3.00. The van der Waals surface area contributed by atoms with E-state index in [-0.39, 0.29) is 0 Å². The fourth-order valence-electron chi connectivity index (χ4n) is 1.88. The van der Waals surface area contributed by atoms with Gasteiger partial charge < -0.3 is 10.5 Å². The van der Waals surface area contributed by atoms with Crippen molar-refractivity contribution < 1.29 is 13.2 Å². The van der Waals surface area contributed by atoms with E-state index in [9.17, 15) is 8.42 Å². The van der Waals surface area contributed by atoms with Crippen LogP contribution in [0.1, 0.15) is 17.5 Å². The van der Waals surface area contributed by atoms with Crippen LogP contribution in [0.5, 0.6) is 0 Å². The van der Waals surface area contributed by atoms with Gasteiger partial charge in [-0.1, -0.05) is 12.1 Å². The van der Waals surface area contributed by atoms with Gasteiger partial charge in [-0.25, -0.2) is 12.7 Å². The highest BCUT2D eigenvalue weighted by atomic mass is 32.2. The zero-order chi connectivity index (χ0) is 14.5. The van der Waals surface area contributed by atoms with E-state index >= 15 is 0 Å². The number of methoxy groups -OCH3 is 1. The average molecular weight is 286 g/mol. The first-order chi connectivity index (χ1) is 8.95. The number of nitrogens with two attached hydrogens (primary N) is 1. The molecule has 0 aliphatic heterocycles. The van der Waals surface area contributed by atoms with Gasteiger partial charge in [0.1, 0.15) is 0 Å². The van der Waals surface area contributed by atoms with Gasteiger partial charge in [-0.15, -0.1) is 0 Å². The lowest BCUT2D eigenvalue weighted by Crippen LogP contribution is -2.29. The van der Waals surface area contributed by atoms with E-state index < -0.39 is 10.0 Å². The molecule has 0 heterocycles. The first-order valence-corrected chi connectivity index (χ1v) is 7.63. The van der Waals surface area contributed by atoms with Crippen LogP contribution in [0.4, 0.5) is 0 Å². The first kappa shape index (κ1) is 16.1. The van der Waals surface area contributed by atoms with Crippen molar-refractivity contribution in [3.63, 3.8) is 0 Å². The summed E-state index contributed by atoms with van der Waals surface area (Å²) in [5.74, 6) is 0. The van der Waals surface area contributed by atoms with Gasteiger partial charge in [-0.2, -0.15) is 0 Å². The van der Waals surface area contributed by atoms with Crippen molar-refractivity contribution in [3.8, 4) is 0 Å². The molecule has 0 aliphatic rings. The minimum atomic E-state index is -3.46. The fourth-order valence-corrected chi connectivity index (χ4v) is 3.35. The minimum Gasteiger partial charge on any atom is -0.385 e. The molecule has 0 bridgehead atoms. The van der Waals surface area contributed by atoms with E-state index in [1.807, 2.05) is 6.07 Å². The molecule has 1 aromatic carbocycles. The number of hydrogen-bond donors (Lipinski definition) is 1. The van der Waals surface area contributed by atoms with Crippen LogP contribution in [0.3, 0.4) is 0 Å². The Morgan fingerprint density at radius 3 is 2.63 bits per heavy atom. The Kier molecular flexibility index (Phi) is 5.93. The van der Waals surface area contributed by atoms with Gasteiger partial charge in [0.2, 0.25) is 10.0 Å². The first-order valence-electron chi connectivity index (χ1n) is 6.19. The SMILES string of the molecule is COCCCN(C)S(=O)(=O)c1cccc(CN)c1C. The summed E-state index contributed by atoms with van der Waals surface area (Å²) in [7, 11) is -0.277. The second-order valence-electron chi connectivity index (χ2n) is 4.42. The molecule has 0 saturated carbocycles. The van der Waals surface area contributed by atoms with Gasteiger partial charge in [0, 0.05) is 33.9 Å². The molecule has 0 atom stereocenters. The molecule has 0 aliphatic carbocycles. The molecule has 2 N–H and O–H groups in total. The molecule has 0 amide bonds. The van der Waals surface area contributed by atoms with E-state index in [4.69, 9.17) is 10.5 Å². The molecule has 0 aromatic heterocycles. The molecule has 0 radical (unpaired) electrons. The van der Waals surface area contributed by atoms with Gasteiger partial charge in [-0.3, -0.25) is 0 Å².